The van der Waals surface area contributed by atoms with Crippen molar-refractivity contribution in [1.82, 2.24) is 4.57 Å². The van der Waals surface area contributed by atoms with Gasteiger partial charge in [-0.15, -0.1) is 11.8 Å². The van der Waals surface area contributed by atoms with Crippen LogP contribution in [0.2, 0.25) is 0 Å². The number of anilines is 1. The van der Waals surface area contributed by atoms with E-state index in [1.54, 1.807) is 36.6 Å². The van der Waals surface area contributed by atoms with Gasteiger partial charge in [-0.05, 0) is 19.1 Å². The molecule has 2 aromatic rings. The number of carbonyl (C=O) groups is 3. The molecular formula is C16H17N3O5S2. The van der Waals surface area contributed by atoms with Crippen LogP contribution < -0.4 is 15.9 Å². The second-order valence-electron chi connectivity index (χ2n) is 5.19. The summed E-state index contributed by atoms with van der Waals surface area (Å²) in [5.41, 5.74) is 6.27. The number of thioether (sulfide) groups is 1. The zero-order valence-electron chi connectivity index (χ0n) is 13.9. The Morgan fingerprint density at radius 3 is 2.69 bits per heavy atom. The van der Waals surface area contributed by atoms with Crippen molar-refractivity contribution in [3.8, 4) is 0 Å². The van der Waals surface area contributed by atoms with Crippen molar-refractivity contribution in [3.63, 3.8) is 0 Å². The second-order valence-corrected chi connectivity index (χ2v) is 7.03. The summed E-state index contributed by atoms with van der Waals surface area (Å²) in [7, 11) is 0. The first-order valence-corrected chi connectivity index (χ1v) is 9.34. The molecular weight excluding hydrogens is 378 g/mol. The molecule has 0 spiro atoms. The fourth-order valence-electron chi connectivity index (χ4n) is 1.95. The number of nitrogens with two attached hydrogens (primary N) is 1. The molecule has 8 nitrogen and oxygen atoms in total. The van der Waals surface area contributed by atoms with E-state index in [4.69, 9.17) is 10.5 Å². The summed E-state index contributed by atoms with van der Waals surface area (Å²) in [6, 6.07) is 6.89. The van der Waals surface area contributed by atoms with Gasteiger partial charge < -0.3 is 15.8 Å². The Kier molecular flexibility index (Phi) is 6.98. The van der Waals surface area contributed by atoms with Crippen molar-refractivity contribution < 1.29 is 19.1 Å². The quantitative estimate of drug-likeness (QED) is 0.508. The van der Waals surface area contributed by atoms with Crippen LogP contribution in [-0.4, -0.2) is 34.7 Å². The second kappa shape index (κ2) is 9.20. The standard InChI is InChI=1S/C16H17N3O5S2/c1-10-8-26-16(23)19(10)6-15(22)24-7-14(21)18-11-4-2-3-5-12(11)25-9-13(17)20/h2-5,8H,6-7,9H2,1H3,(H2,17,20)(H,18,21). The fourth-order valence-corrected chi connectivity index (χ4v) is 3.43. The van der Waals surface area contributed by atoms with Crippen molar-refractivity contribution in [3.05, 3.63) is 45.0 Å². The number of primary amides is 1. The van der Waals surface area contributed by atoms with Crippen LogP contribution in [-0.2, 0) is 25.7 Å². The number of rotatable bonds is 8. The van der Waals surface area contributed by atoms with Gasteiger partial charge in [0.15, 0.2) is 6.61 Å². The Morgan fingerprint density at radius 1 is 1.31 bits per heavy atom. The van der Waals surface area contributed by atoms with Gasteiger partial charge in [-0.1, -0.05) is 23.5 Å². The molecule has 1 aromatic carbocycles. The summed E-state index contributed by atoms with van der Waals surface area (Å²) in [5, 5.41) is 4.26. The lowest BCUT2D eigenvalue weighted by Gasteiger charge is -2.10. The Labute approximate surface area is 157 Å². The number of nitrogens with one attached hydrogen (secondary N) is 1. The number of hydrogen-bond donors (Lipinski definition) is 2. The maximum absolute atomic E-state index is 12.0. The normalized spacial score (nSPS) is 10.3. The smallest absolute Gasteiger partial charge is 0.326 e. The van der Waals surface area contributed by atoms with Crippen molar-refractivity contribution in [2.45, 2.75) is 18.4 Å². The topological polar surface area (TPSA) is 120 Å². The fraction of sp³-hybridized carbons (Fsp3) is 0.250. The van der Waals surface area contributed by atoms with Gasteiger partial charge in [0.05, 0.1) is 11.4 Å². The minimum absolute atomic E-state index is 0.0800. The van der Waals surface area contributed by atoms with E-state index in [1.165, 1.54) is 16.3 Å². The molecule has 0 atom stereocenters. The van der Waals surface area contributed by atoms with Crippen LogP contribution in [0.4, 0.5) is 5.69 Å². The summed E-state index contributed by atoms with van der Waals surface area (Å²) >= 11 is 2.19. The van der Waals surface area contributed by atoms with E-state index in [2.05, 4.69) is 5.32 Å². The number of nitrogens with zero attached hydrogens (tertiary/aromatic N) is 1. The minimum atomic E-state index is -0.680. The van der Waals surface area contributed by atoms with Gasteiger partial charge in [-0.2, -0.15) is 0 Å². The van der Waals surface area contributed by atoms with Crippen LogP contribution >= 0.6 is 23.1 Å². The lowest BCUT2D eigenvalue weighted by molar-refractivity contribution is -0.147. The number of thiazole rings is 1. The predicted molar refractivity (Wildman–Crippen MR) is 99.3 cm³/mol. The molecule has 10 heteroatoms. The van der Waals surface area contributed by atoms with Crippen LogP contribution in [0, 0.1) is 6.92 Å². The van der Waals surface area contributed by atoms with E-state index >= 15 is 0 Å². The molecule has 2 rings (SSSR count). The molecule has 0 radical (unpaired) electrons. The van der Waals surface area contributed by atoms with Crippen molar-refractivity contribution in [2.75, 3.05) is 17.7 Å². The van der Waals surface area contributed by atoms with E-state index in [-0.39, 0.29) is 17.2 Å². The number of aryl methyl sites for hydroxylation is 1. The number of aromatic nitrogens is 1. The molecule has 0 unspecified atom stereocenters. The number of ether oxygens (including phenoxy) is 1. The highest BCUT2D eigenvalue weighted by Crippen LogP contribution is 2.26. The van der Waals surface area contributed by atoms with Crippen LogP contribution in [0.5, 0.6) is 0 Å². The first kappa shape index (κ1) is 19.7. The van der Waals surface area contributed by atoms with Crippen molar-refractivity contribution in [1.29, 1.82) is 0 Å². The molecule has 0 saturated heterocycles. The van der Waals surface area contributed by atoms with Gasteiger partial charge in [0, 0.05) is 16.0 Å². The summed E-state index contributed by atoms with van der Waals surface area (Å²) in [5.74, 6) is -1.60. The average Bonchev–Trinajstić information content (AvgIpc) is 2.91. The Bertz CT molecular complexity index is 875. The van der Waals surface area contributed by atoms with Gasteiger partial charge in [0.25, 0.3) is 5.91 Å². The molecule has 0 saturated carbocycles. The maximum atomic E-state index is 12.0. The summed E-state index contributed by atoms with van der Waals surface area (Å²) in [6.45, 7) is 0.983. The number of hydrogen-bond acceptors (Lipinski definition) is 7. The third-order valence-electron chi connectivity index (χ3n) is 3.16. The summed E-state index contributed by atoms with van der Waals surface area (Å²) < 4.78 is 6.19. The highest BCUT2D eigenvalue weighted by Gasteiger charge is 2.13. The number of carbonyl (C=O) groups excluding carboxylic acids is 3. The lowest BCUT2D eigenvalue weighted by Crippen LogP contribution is -2.26. The van der Waals surface area contributed by atoms with Gasteiger partial charge in [-0.3, -0.25) is 23.7 Å². The molecule has 0 bridgehead atoms. The number of amides is 2. The largest absolute Gasteiger partial charge is 0.454 e. The zero-order chi connectivity index (χ0) is 19.1. The van der Waals surface area contributed by atoms with Gasteiger partial charge in [0.2, 0.25) is 5.91 Å². The highest BCUT2D eigenvalue weighted by atomic mass is 32.2. The number of para-hydroxylation sites is 1. The molecule has 0 fully saturated rings. The first-order valence-electron chi connectivity index (χ1n) is 7.47. The molecule has 0 aliphatic carbocycles. The van der Waals surface area contributed by atoms with Crippen molar-refractivity contribution >= 4 is 46.6 Å². The molecule has 1 heterocycles. The Morgan fingerprint density at radius 2 is 2.04 bits per heavy atom. The Hall–Kier alpha value is -2.59. The van der Waals surface area contributed by atoms with Crippen LogP contribution in [0.1, 0.15) is 5.69 Å². The van der Waals surface area contributed by atoms with Crippen LogP contribution in [0.15, 0.2) is 39.3 Å². The van der Waals surface area contributed by atoms with E-state index in [1.807, 2.05) is 0 Å². The molecule has 0 aliphatic rings. The van der Waals surface area contributed by atoms with Gasteiger partial charge in [0.1, 0.15) is 6.54 Å². The average molecular weight is 395 g/mol. The Balaban J connectivity index is 1.88. The lowest BCUT2D eigenvalue weighted by atomic mass is 10.3. The highest BCUT2D eigenvalue weighted by molar-refractivity contribution is 8.00. The predicted octanol–water partition coefficient (Wildman–Crippen LogP) is 0.978. The minimum Gasteiger partial charge on any atom is -0.454 e. The van der Waals surface area contributed by atoms with E-state index in [0.717, 1.165) is 11.3 Å². The molecule has 26 heavy (non-hydrogen) atoms. The molecule has 138 valence electrons. The molecule has 2 amide bonds. The summed E-state index contributed by atoms with van der Waals surface area (Å²) in [6.07, 6.45) is 0. The van der Waals surface area contributed by atoms with E-state index < -0.39 is 24.4 Å². The van der Waals surface area contributed by atoms with Crippen LogP contribution in [0.25, 0.3) is 0 Å². The molecule has 1 aromatic heterocycles. The summed E-state index contributed by atoms with van der Waals surface area (Å²) in [4.78, 5) is 46.7. The number of esters is 1. The SMILES string of the molecule is Cc1csc(=O)n1CC(=O)OCC(=O)Nc1ccccc1SCC(N)=O. The first-order chi connectivity index (χ1) is 12.4. The van der Waals surface area contributed by atoms with Crippen molar-refractivity contribution in [2.24, 2.45) is 5.73 Å². The maximum Gasteiger partial charge on any atom is 0.326 e. The molecule has 0 aliphatic heterocycles. The monoisotopic (exact) mass is 395 g/mol. The van der Waals surface area contributed by atoms with Gasteiger partial charge >= 0.3 is 10.8 Å². The third kappa shape index (κ3) is 5.74. The third-order valence-corrected chi connectivity index (χ3v) is 5.14. The zero-order valence-corrected chi connectivity index (χ0v) is 15.5. The van der Waals surface area contributed by atoms with Gasteiger partial charge in [-0.25, -0.2) is 0 Å². The number of benzene rings is 1. The van der Waals surface area contributed by atoms with E-state index in [9.17, 15) is 19.2 Å². The molecule has 3 N–H and O–H groups in total. The van der Waals surface area contributed by atoms with Crippen LogP contribution in [0.3, 0.4) is 0 Å². The van der Waals surface area contributed by atoms with E-state index in [0.29, 0.717) is 16.3 Å².